The maximum Gasteiger partial charge on any atom is 0.0900 e. The molecule has 4 nitrogen and oxygen atoms in total. The number of likely N-dealkylation sites (tertiary alicyclic amines) is 1. The maximum atomic E-state index is 9.70. The summed E-state index contributed by atoms with van der Waals surface area (Å²) in [6, 6.07) is 0. The molecule has 16 heavy (non-hydrogen) atoms. The third kappa shape index (κ3) is 5.25. The van der Waals surface area contributed by atoms with Gasteiger partial charge < -0.3 is 19.5 Å². The summed E-state index contributed by atoms with van der Waals surface area (Å²) in [6.45, 7) is 8.67. The van der Waals surface area contributed by atoms with Crippen LogP contribution in [0.1, 0.15) is 26.7 Å². The predicted molar refractivity (Wildman–Crippen MR) is 63.6 cm³/mol. The monoisotopic (exact) mass is 231 g/mol. The van der Waals surface area contributed by atoms with E-state index in [4.69, 9.17) is 9.47 Å². The highest BCUT2D eigenvalue weighted by Gasteiger charge is 2.20. The Bertz CT molecular complexity index is 170. The number of aliphatic hydroxyl groups is 1. The average Bonchev–Trinajstić information content (AvgIpc) is 2.29. The summed E-state index contributed by atoms with van der Waals surface area (Å²) in [7, 11) is 0. The molecule has 1 unspecified atom stereocenters. The van der Waals surface area contributed by atoms with E-state index in [-0.39, 0.29) is 6.10 Å². The van der Waals surface area contributed by atoms with Crippen molar-refractivity contribution in [3.63, 3.8) is 0 Å². The molecule has 0 radical (unpaired) electrons. The van der Waals surface area contributed by atoms with Gasteiger partial charge in [0.15, 0.2) is 0 Å². The molecule has 0 saturated carbocycles. The van der Waals surface area contributed by atoms with Crippen molar-refractivity contribution in [2.45, 2.75) is 38.9 Å². The van der Waals surface area contributed by atoms with E-state index in [1.807, 2.05) is 13.8 Å². The predicted octanol–water partition coefficient (Wildman–Crippen LogP) is 0.885. The zero-order valence-electron chi connectivity index (χ0n) is 10.5. The van der Waals surface area contributed by atoms with Gasteiger partial charge in [-0.05, 0) is 26.7 Å². The van der Waals surface area contributed by atoms with E-state index < -0.39 is 0 Å². The topological polar surface area (TPSA) is 41.9 Å². The molecule has 0 aromatic rings. The normalized spacial score (nSPS) is 21.2. The second kappa shape index (κ2) is 8.01. The van der Waals surface area contributed by atoms with Crippen LogP contribution in [-0.4, -0.2) is 61.7 Å². The van der Waals surface area contributed by atoms with E-state index in [0.29, 0.717) is 19.3 Å². The first-order chi connectivity index (χ1) is 7.76. The summed E-state index contributed by atoms with van der Waals surface area (Å²) >= 11 is 0. The van der Waals surface area contributed by atoms with Gasteiger partial charge in [0.2, 0.25) is 0 Å². The van der Waals surface area contributed by atoms with Crippen molar-refractivity contribution in [3.8, 4) is 0 Å². The van der Waals surface area contributed by atoms with E-state index in [1.165, 1.54) is 0 Å². The fourth-order valence-electron chi connectivity index (χ4n) is 2.10. The number of β-amino-alcohol motifs (C(OH)–C–C–N with tert-alkyl or cyclic N) is 1. The third-order valence-corrected chi connectivity index (χ3v) is 2.92. The van der Waals surface area contributed by atoms with Crippen LogP contribution in [0.25, 0.3) is 0 Å². The number of piperidine rings is 1. The molecule has 1 atom stereocenters. The number of nitrogens with zero attached hydrogens (tertiary/aromatic N) is 1. The molecule has 1 aliphatic heterocycles. The quantitative estimate of drug-likeness (QED) is 0.706. The van der Waals surface area contributed by atoms with Crippen molar-refractivity contribution < 1.29 is 14.6 Å². The first kappa shape index (κ1) is 13.9. The van der Waals surface area contributed by atoms with Crippen LogP contribution in [-0.2, 0) is 9.47 Å². The Morgan fingerprint density at radius 3 is 2.50 bits per heavy atom. The van der Waals surface area contributed by atoms with Crippen LogP contribution in [0, 0.1) is 0 Å². The van der Waals surface area contributed by atoms with Gasteiger partial charge >= 0.3 is 0 Å². The number of ether oxygens (including phenoxy) is 2. The second-order valence-electron chi connectivity index (χ2n) is 4.27. The van der Waals surface area contributed by atoms with Crippen molar-refractivity contribution in [1.82, 2.24) is 4.90 Å². The molecule has 1 saturated heterocycles. The van der Waals surface area contributed by atoms with Gasteiger partial charge in [-0.15, -0.1) is 0 Å². The smallest absolute Gasteiger partial charge is 0.0900 e. The van der Waals surface area contributed by atoms with Gasteiger partial charge in [-0.3, -0.25) is 0 Å². The summed E-state index contributed by atoms with van der Waals surface area (Å²) < 4.78 is 10.8. The van der Waals surface area contributed by atoms with Gasteiger partial charge in [0.1, 0.15) is 0 Å². The van der Waals surface area contributed by atoms with E-state index in [9.17, 15) is 5.11 Å². The molecular formula is C12H25NO3. The van der Waals surface area contributed by atoms with Crippen LogP contribution in [0.3, 0.4) is 0 Å². The van der Waals surface area contributed by atoms with Crippen LogP contribution >= 0.6 is 0 Å². The lowest BCUT2D eigenvalue weighted by Gasteiger charge is -2.32. The summed E-state index contributed by atoms with van der Waals surface area (Å²) in [5.74, 6) is 0. The Morgan fingerprint density at radius 2 is 1.94 bits per heavy atom. The Balaban J connectivity index is 2.11. The molecule has 0 aliphatic carbocycles. The fourth-order valence-corrected chi connectivity index (χ4v) is 2.10. The molecule has 1 rings (SSSR count). The van der Waals surface area contributed by atoms with Crippen molar-refractivity contribution in [2.24, 2.45) is 0 Å². The van der Waals surface area contributed by atoms with Crippen molar-refractivity contribution in [2.75, 3.05) is 39.5 Å². The molecular weight excluding hydrogens is 206 g/mol. The van der Waals surface area contributed by atoms with Crippen LogP contribution in [0.4, 0.5) is 0 Å². The maximum absolute atomic E-state index is 9.70. The standard InChI is InChI=1S/C12H25NO3/c1-3-15-10-11(14)9-13-7-5-12(6-8-13)16-4-2/h11-12,14H,3-10H2,1-2H3. The highest BCUT2D eigenvalue weighted by molar-refractivity contribution is 4.74. The number of hydrogen-bond donors (Lipinski definition) is 1. The largest absolute Gasteiger partial charge is 0.389 e. The third-order valence-electron chi connectivity index (χ3n) is 2.92. The Morgan fingerprint density at radius 1 is 1.25 bits per heavy atom. The Labute approximate surface area is 98.5 Å². The van der Waals surface area contributed by atoms with Crippen LogP contribution in [0.2, 0.25) is 0 Å². The number of rotatable bonds is 7. The van der Waals surface area contributed by atoms with E-state index in [0.717, 1.165) is 39.1 Å². The van der Waals surface area contributed by atoms with Gasteiger partial charge in [0, 0.05) is 32.8 Å². The Hall–Kier alpha value is -0.160. The Kier molecular flexibility index (Phi) is 6.96. The van der Waals surface area contributed by atoms with E-state index in [1.54, 1.807) is 0 Å². The first-order valence-electron chi connectivity index (χ1n) is 6.36. The van der Waals surface area contributed by atoms with Crippen LogP contribution in [0.5, 0.6) is 0 Å². The molecule has 4 heteroatoms. The van der Waals surface area contributed by atoms with E-state index >= 15 is 0 Å². The molecule has 0 aromatic heterocycles. The lowest BCUT2D eigenvalue weighted by Crippen LogP contribution is -2.42. The van der Waals surface area contributed by atoms with E-state index in [2.05, 4.69) is 4.90 Å². The molecule has 1 heterocycles. The molecule has 0 aromatic carbocycles. The van der Waals surface area contributed by atoms with Crippen molar-refractivity contribution in [3.05, 3.63) is 0 Å². The molecule has 0 amide bonds. The highest BCUT2D eigenvalue weighted by Crippen LogP contribution is 2.13. The average molecular weight is 231 g/mol. The fraction of sp³-hybridized carbons (Fsp3) is 1.00. The van der Waals surface area contributed by atoms with Gasteiger partial charge in [-0.2, -0.15) is 0 Å². The molecule has 96 valence electrons. The number of aliphatic hydroxyl groups excluding tert-OH is 1. The summed E-state index contributed by atoms with van der Waals surface area (Å²) in [5, 5.41) is 9.70. The second-order valence-corrected chi connectivity index (χ2v) is 4.27. The summed E-state index contributed by atoms with van der Waals surface area (Å²) in [6.07, 6.45) is 2.22. The minimum absolute atomic E-state index is 0.358. The van der Waals surface area contributed by atoms with Crippen LogP contribution < -0.4 is 0 Å². The van der Waals surface area contributed by atoms with Crippen molar-refractivity contribution >= 4 is 0 Å². The molecule has 0 bridgehead atoms. The van der Waals surface area contributed by atoms with Gasteiger partial charge in [0.05, 0.1) is 18.8 Å². The zero-order chi connectivity index (χ0) is 11.8. The lowest BCUT2D eigenvalue weighted by molar-refractivity contribution is -0.0129. The highest BCUT2D eigenvalue weighted by atomic mass is 16.5. The summed E-state index contributed by atoms with van der Waals surface area (Å²) in [4.78, 5) is 2.29. The van der Waals surface area contributed by atoms with Gasteiger partial charge in [-0.25, -0.2) is 0 Å². The SMILES string of the molecule is CCOCC(O)CN1CCC(OCC)CC1. The summed E-state index contributed by atoms with van der Waals surface area (Å²) in [5.41, 5.74) is 0. The van der Waals surface area contributed by atoms with Gasteiger partial charge in [-0.1, -0.05) is 0 Å². The minimum atomic E-state index is -0.358. The van der Waals surface area contributed by atoms with Crippen LogP contribution in [0.15, 0.2) is 0 Å². The molecule has 1 fully saturated rings. The minimum Gasteiger partial charge on any atom is -0.389 e. The zero-order valence-corrected chi connectivity index (χ0v) is 10.5. The molecule has 1 N–H and O–H groups in total. The lowest BCUT2D eigenvalue weighted by atomic mass is 10.1. The van der Waals surface area contributed by atoms with Gasteiger partial charge in [0.25, 0.3) is 0 Å². The number of hydrogen-bond acceptors (Lipinski definition) is 4. The molecule has 1 aliphatic rings. The van der Waals surface area contributed by atoms with Crippen molar-refractivity contribution in [1.29, 1.82) is 0 Å². The molecule has 0 spiro atoms. The first-order valence-corrected chi connectivity index (χ1v) is 6.36.